The number of carbonyl (C=O) groups excluding carboxylic acids is 2. The highest BCUT2D eigenvalue weighted by Gasteiger charge is 2.38. The lowest BCUT2D eigenvalue weighted by atomic mass is 9.98. The molecule has 0 spiro atoms. The quantitative estimate of drug-likeness (QED) is 0.474. The third kappa shape index (κ3) is 4.47. The summed E-state index contributed by atoms with van der Waals surface area (Å²) < 4.78 is 0. The summed E-state index contributed by atoms with van der Waals surface area (Å²) in [5.74, 6) is 0.276. The smallest absolute Gasteiger partial charge is 0.223 e. The van der Waals surface area contributed by atoms with E-state index >= 15 is 0 Å². The van der Waals surface area contributed by atoms with Crippen molar-refractivity contribution < 1.29 is 19.8 Å². The Labute approximate surface area is 113 Å². The molecule has 0 aliphatic heterocycles. The van der Waals surface area contributed by atoms with Crippen LogP contribution in [0.25, 0.3) is 0 Å². The van der Waals surface area contributed by atoms with Crippen molar-refractivity contribution in [2.45, 2.75) is 38.6 Å². The summed E-state index contributed by atoms with van der Waals surface area (Å²) >= 11 is 0. The maximum atomic E-state index is 11.7. The molecule has 2 atom stereocenters. The summed E-state index contributed by atoms with van der Waals surface area (Å²) in [5, 5.41) is 23.7. The van der Waals surface area contributed by atoms with Crippen LogP contribution in [-0.2, 0) is 9.59 Å². The van der Waals surface area contributed by atoms with Gasteiger partial charge in [-0.2, -0.15) is 0 Å². The number of carbonyl (C=O) groups is 2. The molecule has 4 N–H and O–H groups in total. The lowest BCUT2D eigenvalue weighted by Gasteiger charge is -2.29. The molecule has 19 heavy (non-hydrogen) atoms. The lowest BCUT2D eigenvalue weighted by Crippen LogP contribution is -2.54. The molecule has 1 fully saturated rings. The van der Waals surface area contributed by atoms with Crippen LogP contribution in [0.4, 0.5) is 0 Å². The van der Waals surface area contributed by atoms with Crippen molar-refractivity contribution in [2.24, 2.45) is 11.8 Å². The van der Waals surface area contributed by atoms with Crippen LogP contribution in [0.5, 0.6) is 0 Å². The van der Waals surface area contributed by atoms with Gasteiger partial charge in [0, 0.05) is 18.9 Å². The van der Waals surface area contributed by atoms with Crippen molar-refractivity contribution in [3.05, 3.63) is 0 Å². The topological polar surface area (TPSA) is 98.7 Å². The number of hydrogen-bond acceptors (Lipinski definition) is 4. The Balaban J connectivity index is 2.25. The second kappa shape index (κ2) is 6.86. The van der Waals surface area contributed by atoms with Crippen molar-refractivity contribution in [1.29, 1.82) is 0 Å². The van der Waals surface area contributed by atoms with Crippen molar-refractivity contribution in [3.63, 3.8) is 0 Å². The molecule has 0 radical (unpaired) electrons. The van der Waals surface area contributed by atoms with Gasteiger partial charge in [0.2, 0.25) is 11.8 Å². The summed E-state index contributed by atoms with van der Waals surface area (Å²) in [7, 11) is 0. The minimum atomic E-state index is -0.966. The van der Waals surface area contributed by atoms with Gasteiger partial charge in [-0.3, -0.25) is 9.59 Å². The Hall–Kier alpha value is -1.14. The zero-order valence-corrected chi connectivity index (χ0v) is 11.6. The number of nitrogens with one attached hydrogen (secondary N) is 2. The van der Waals surface area contributed by atoms with Gasteiger partial charge in [0.05, 0.1) is 18.8 Å². The maximum absolute atomic E-state index is 11.7. The van der Waals surface area contributed by atoms with Gasteiger partial charge >= 0.3 is 0 Å². The fourth-order valence-corrected chi connectivity index (χ4v) is 1.92. The molecule has 0 heterocycles. The monoisotopic (exact) mass is 272 g/mol. The van der Waals surface area contributed by atoms with E-state index in [1.54, 1.807) is 6.92 Å². The highest BCUT2D eigenvalue weighted by Crippen LogP contribution is 2.37. The molecular formula is C13H24N2O4. The molecule has 0 aromatic carbocycles. The van der Waals surface area contributed by atoms with Crippen molar-refractivity contribution >= 4 is 11.8 Å². The molecule has 2 amide bonds. The van der Waals surface area contributed by atoms with E-state index in [-0.39, 0.29) is 43.9 Å². The zero-order valence-electron chi connectivity index (χ0n) is 11.6. The van der Waals surface area contributed by atoms with Gasteiger partial charge in [-0.25, -0.2) is 0 Å². The highest BCUT2D eigenvalue weighted by atomic mass is 16.3. The minimum absolute atomic E-state index is 0.00590. The molecule has 6 heteroatoms. The SMILES string of the molecule is CCC(CO)(CO)NC(=O)CCNC(=O)C1CC1C. The number of hydrogen-bond donors (Lipinski definition) is 4. The van der Waals surface area contributed by atoms with Gasteiger partial charge in [-0.1, -0.05) is 13.8 Å². The van der Waals surface area contributed by atoms with Gasteiger partial charge in [0.15, 0.2) is 0 Å². The van der Waals surface area contributed by atoms with Gasteiger partial charge < -0.3 is 20.8 Å². The van der Waals surface area contributed by atoms with E-state index in [1.807, 2.05) is 6.92 Å². The third-order valence-electron chi connectivity index (χ3n) is 3.78. The fourth-order valence-electron chi connectivity index (χ4n) is 1.92. The Bertz CT molecular complexity index is 320. The first-order valence-corrected chi connectivity index (χ1v) is 6.78. The average Bonchev–Trinajstić information content (AvgIpc) is 3.13. The Morgan fingerprint density at radius 1 is 1.32 bits per heavy atom. The number of aliphatic hydroxyl groups is 2. The van der Waals surface area contributed by atoms with Crippen LogP contribution in [0, 0.1) is 11.8 Å². The standard InChI is InChI=1S/C13H24N2O4/c1-3-13(7-16,8-17)15-11(18)4-5-14-12(19)10-6-9(10)2/h9-10,16-17H,3-8H2,1-2H3,(H,14,19)(H,15,18). The number of aliphatic hydroxyl groups excluding tert-OH is 2. The van der Waals surface area contributed by atoms with E-state index in [2.05, 4.69) is 10.6 Å². The Morgan fingerprint density at radius 2 is 1.89 bits per heavy atom. The molecule has 1 aliphatic rings. The number of rotatable bonds is 8. The van der Waals surface area contributed by atoms with Crippen LogP contribution >= 0.6 is 0 Å². The van der Waals surface area contributed by atoms with E-state index in [9.17, 15) is 19.8 Å². The second-order valence-corrected chi connectivity index (χ2v) is 5.36. The summed E-state index contributed by atoms with van der Waals surface area (Å²) in [5.41, 5.74) is -0.966. The molecule has 0 saturated heterocycles. The fraction of sp³-hybridized carbons (Fsp3) is 0.846. The summed E-state index contributed by atoms with van der Waals surface area (Å²) in [4.78, 5) is 23.2. The van der Waals surface area contributed by atoms with Gasteiger partial charge in [0.1, 0.15) is 0 Å². The summed E-state index contributed by atoms with van der Waals surface area (Å²) in [6.45, 7) is 3.47. The minimum Gasteiger partial charge on any atom is -0.394 e. The molecular weight excluding hydrogens is 248 g/mol. The predicted octanol–water partition coefficient (Wildman–Crippen LogP) is -0.602. The van der Waals surface area contributed by atoms with Crippen molar-refractivity contribution in [1.82, 2.24) is 10.6 Å². The molecule has 1 saturated carbocycles. The Morgan fingerprint density at radius 3 is 2.32 bits per heavy atom. The summed E-state index contributed by atoms with van der Waals surface area (Å²) in [6, 6.07) is 0. The lowest BCUT2D eigenvalue weighted by molar-refractivity contribution is -0.125. The van der Waals surface area contributed by atoms with Crippen LogP contribution < -0.4 is 10.6 Å². The molecule has 2 unspecified atom stereocenters. The molecule has 0 aromatic rings. The third-order valence-corrected chi connectivity index (χ3v) is 3.78. The summed E-state index contributed by atoms with van der Waals surface area (Å²) in [6.07, 6.45) is 1.51. The van der Waals surface area contributed by atoms with E-state index in [1.165, 1.54) is 0 Å². The van der Waals surface area contributed by atoms with Gasteiger partial charge in [-0.05, 0) is 18.8 Å². The van der Waals surface area contributed by atoms with Gasteiger partial charge in [-0.15, -0.1) is 0 Å². The predicted molar refractivity (Wildman–Crippen MR) is 70.2 cm³/mol. The average molecular weight is 272 g/mol. The molecule has 0 bridgehead atoms. The van der Waals surface area contributed by atoms with E-state index in [0.717, 1.165) is 6.42 Å². The van der Waals surface area contributed by atoms with E-state index in [0.29, 0.717) is 12.3 Å². The first-order chi connectivity index (χ1) is 8.98. The second-order valence-electron chi connectivity index (χ2n) is 5.36. The van der Waals surface area contributed by atoms with E-state index in [4.69, 9.17) is 0 Å². The molecule has 1 aliphatic carbocycles. The molecule has 110 valence electrons. The van der Waals surface area contributed by atoms with Crippen molar-refractivity contribution in [2.75, 3.05) is 19.8 Å². The largest absolute Gasteiger partial charge is 0.394 e. The van der Waals surface area contributed by atoms with Crippen LogP contribution in [0.15, 0.2) is 0 Å². The van der Waals surface area contributed by atoms with Gasteiger partial charge in [0.25, 0.3) is 0 Å². The van der Waals surface area contributed by atoms with Crippen LogP contribution in [0.3, 0.4) is 0 Å². The molecule has 6 nitrogen and oxygen atoms in total. The highest BCUT2D eigenvalue weighted by molar-refractivity contribution is 5.82. The Kier molecular flexibility index (Phi) is 5.75. The zero-order chi connectivity index (χ0) is 14.5. The number of amides is 2. The molecule has 1 rings (SSSR count). The maximum Gasteiger partial charge on any atom is 0.223 e. The van der Waals surface area contributed by atoms with Crippen LogP contribution in [0.2, 0.25) is 0 Å². The van der Waals surface area contributed by atoms with E-state index < -0.39 is 5.54 Å². The van der Waals surface area contributed by atoms with Crippen LogP contribution in [0.1, 0.15) is 33.1 Å². The normalized spacial score (nSPS) is 21.9. The molecule has 0 aromatic heterocycles. The van der Waals surface area contributed by atoms with Crippen LogP contribution in [-0.4, -0.2) is 47.3 Å². The first-order valence-electron chi connectivity index (χ1n) is 6.78. The first kappa shape index (κ1) is 15.9. The van der Waals surface area contributed by atoms with Crippen molar-refractivity contribution in [3.8, 4) is 0 Å².